The van der Waals surface area contributed by atoms with E-state index in [1.165, 1.54) is 0 Å². The smallest absolute Gasteiger partial charge is 0.0882 e. The zero-order valence-corrected chi connectivity index (χ0v) is 13.7. The number of hydrogen-bond donors (Lipinski definition) is 2. The SMILES string of the molecule is NCC(c1c(Cl)cccc1Cl)C(O)c1ccccc1Br. The van der Waals surface area contributed by atoms with Crippen molar-refractivity contribution >= 4 is 39.1 Å². The van der Waals surface area contributed by atoms with Gasteiger partial charge >= 0.3 is 0 Å². The highest BCUT2D eigenvalue weighted by Gasteiger charge is 2.26. The lowest BCUT2D eigenvalue weighted by Crippen LogP contribution is -2.21. The number of aliphatic hydroxyl groups excluding tert-OH is 1. The number of hydrogen-bond acceptors (Lipinski definition) is 2. The Morgan fingerprint density at radius 2 is 1.65 bits per heavy atom. The first-order chi connectivity index (χ1) is 9.56. The molecule has 0 saturated carbocycles. The van der Waals surface area contributed by atoms with E-state index in [9.17, 15) is 5.11 Å². The van der Waals surface area contributed by atoms with Gasteiger partial charge in [-0.15, -0.1) is 0 Å². The van der Waals surface area contributed by atoms with Gasteiger partial charge in [-0.1, -0.05) is 63.4 Å². The van der Waals surface area contributed by atoms with Crippen LogP contribution in [-0.2, 0) is 0 Å². The van der Waals surface area contributed by atoms with Crippen molar-refractivity contribution in [2.24, 2.45) is 5.73 Å². The second kappa shape index (κ2) is 6.92. The van der Waals surface area contributed by atoms with Gasteiger partial charge in [-0.3, -0.25) is 0 Å². The van der Waals surface area contributed by atoms with E-state index < -0.39 is 6.10 Å². The largest absolute Gasteiger partial charge is 0.388 e. The van der Waals surface area contributed by atoms with Gasteiger partial charge in [0.2, 0.25) is 0 Å². The lowest BCUT2D eigenvalue weighted by Gasteiger charge is -2.25. The van der Waals surface area contributed by atoms with Gasteiger partial charge in [0.15, 0.2) is 0 Å². The zero-order chi connectivity index (χ0) is 14.7. The molecule has 0 aliphatic carbocycles. The quantitative estimate of drug-likeness (QED) is 0.825. The van der Waals surface area contributed by atoms with Crippen LogP contribution >= 0.6 is 39.1 Å². The monoisotopic (exact) mass is 373 g/mol. The average molecular weight is 375 g/mol. The summed E-state index contributed by atoms with van der Waals surface area (Å²) < 4.78 is 0.828. The number of benzene rings is 2. The van der Waals surface area contributed by atoms with E-state index >= 15 is 0 Å². The van der Waals surface area contributed by atoms with E-state index in [-0.39, 0.29) is 12.5 Å². The first-order valence-corrected chi connectivity index (χ1v) is 7.67. The highest BCUT2D eigenvalue weighted by atomic mass is 79.9. The van der Waals surface area contributed by atoms with E-state index in [0.29, 0.717) is 15.6 Å². The third-order valence-electron chi connectivity index (χ3n) is 3.23. The molecule has 3 N–H and O–H groups in total. The van der Waals surface area contributed by atoms with Gasteiger partial charge in [0, 0.05) is 27.0 Å². The molecule has 0 heterocycles. The van der Waals surface area contributed by atoms with Crippen molar-refractivity contribution in [3.63, 3.8) is 0 Å². The molecule has 0 amide bonds. The molecule has 0 spiro atoms. The standard InChI is InChI=1S/C15H14BrCl2NO/c16-11-5-2-1-4-9(11)15(20)10(8-19)14-12(17)6-3-7-13(14)18/h1-7,10,15,20H,8,19H2. The number of halogens is 3. The van der Waals surface area contributed by atoms with Gasteiger partial charge in [-0.2, -0.15) is 0 Å². The molecule has 2 unspecified atom stereocenters. The van der Waals surface area contributed by atoms with Gasteiger partial charge in [0.1, 0.15) is 0 Å². The summed E-state index contributed by atoms with van der Waals surface area (Å²) in [5.41, 5.74) is 7.28. The van der Waals surface area contributed by atoms with Crippen molar-refractivity contribution in [3.05, 3.63) is 68.1 Å². The molecule has 0 radical (unpaired) electrons. The lowest BCUT2D eigenvalue weighted by molar-refractivity contribution is 0.147. The fourth-order valence-corrected chi connectivity index (χ4v) is 3.40. The normalized spacial score (nSPS) is 14.1. The Balaban J connectivity index is 2.45. The topological polar surface area (TPSA) is 46.2 Å². The van der Waals surface area contributed by atoms with Gasteiger partial charge in [0.05, 0.1) is 6.10 Å². The third-order valence-corrected chi connectivity index (χ3v) is 4.61. The predicted molar refractivity (Wildman–Crippen MR) is 87.4 cm³/mol. The molecule has 0 aliphatic heterocycles. The summed E-state index contributed by atoms with van der Waals surface area (Å²) in [6.45, 7) is 0.242. The summed E-state index contributed by atoms with van der Waals surface area (Å²) in [4.78, 5) is 0. The third kappa shape index (κ3) is 3.18. The van der Waals surface area contributed by atoms with Crippen molar-refractivity contribution < 1.29 is 5.11 Å². The Bertz CT molecular complexity index is 586. The van der Waals surface area contributed by atoms with Crippen LogP contribution < -0.4 is 5.73 Å². The van der Waals surface area contributed by atoms with E-state index in [4.69, 9.17) is 28.9 Å². The molecule has 0 bridgehead atoms. The average Bonchev–Trinajstić information content (AvgIpc) is 2.43. The van der Waals surface area contributed by atoms with E-state index in [0.717, 1.165) is 10.0 Å². The lowest BCUT2D eigenvalue weighted by atomic mass is 9.89. The fraction of sp³-hybridized carbons (Fsp3) is 0.200. The Hall–Kier alpha value is -0.580. The van der Waals surface area contributed by atoms with Crippen LogP contribution in [0.4, 0.5) is 0 Å². The van der Waals surface area contributed by atoms with Crippen LogP contribution in [0.25, 0.3) is 0 Å². The minimum absolute atomic E-state index is 0.242. The van der Waals surface area contributed by atoms with Crippen LogP contribution in [0.5, 0.6) is 0 Å². The minimum Gasteiger partial charge on any atom is -0.388 e. The molecule has 20 heavy (non-hydrogen) atoms. The second-order valence-corrected chi connectivity index (χ2v) is 6.11. The fourth-order valence-electron chi connectivity index (χ4n) is 2.20. The van der Waals surface area contributed by atoms with Crippen LogP contribution in [0.1, 0.15) is 23.1 Å². The molecule has 106 valence electrons. The summed E-state index contributed by atoms with van der Waals surface area (Å²) in [6.07, 6.45) is -0.784. The van der Waals surface area contributed by atoms with E-state index in [1.54, 1.807) is 18.2 Å². The highest BCUT2D eigenvalue weighted by molar-refractivity contribution is 9.10. The summed E-state index contributed by atoms with van der Waals surface area (Å²) in [7, 11) is 0. The number of rotatable bonds is 4. The van der Waals surface area contributed by atoms with Crippen molar-refractivity contribution in [2.75, 3.05) is 6.54 Å². The Labute approximate surface area is 136 Å². The Kier molecular flexibility index (Phi) is 5.47. The molecule has 0 aliphatic rings. The van der Waals surface area contributed by atoms with Crippen LogP contribution in [0, 0.1) is 0 Å². The molecule has 0 fully saturated rings. The minimum atomic E-state index is -0.784. The van der Waals surface area contributed by atoms with Crippen molar-refractivity contribution in [1.82, 2.24) is 0 Å². The van der Waals surface area contributed by atoms with Gasteiger partial charge < -0.3 is 10.8 Å². The van der Waals surface area contributed by atoms with Crippen molar-refractivity contribution in [3.8, 4) is 0 Å². The van der Waals surface area contributed by atoms with Crippen molar-refractivity contribution in [1.29, 1.82) is 0 Å². The first-order valence-electron chi connectivity index (χ1n) is 6.12. The highest BCUT2D eigenvalue weighted by Crippen LogP contribution is 2.39. The molecule has 2 aromatic rings. The molecular formula is C15H14BrCl2NO. The first kappa shape index (κ1) is 15.8. The summed E-state index contributed by atoms with van der Waals surface area (Å²) in [5.74, 6) is -0.366. The zero-order valence-electron chi connectivity index (χ0n) is 10.6. The molecule has 2 aromatic carbocycles. The summed E-state index contributed by atoms with van der Waals surface area (Å²) in [6, 6.07) is 12.7. The van der Waals surface area contributed by atoms with E-state index in [2.05, 4.69) is 15.9 Å². The second-order valence-electron chi connectivity index (χ2n) is 4.44. The molecule has 2 nitrogen and oxygen atoms in total. The maximum Gasteiger partial charge on any atom is 0.0882 e. The molecule has 2 rings (SSSR count). The maximum absolute atomic E-state index is 10.6. The molecule has 0 aromatic heterocycles. The molecular weight excluding hydrogens is 361 g/mol. The molecule has 2 atom stereocenters. The van der Waals surface area contributed by atoms with Crippen LogP contribution in [0.3, 0.4) is 0 Å². The van der Waals surface area contributed by atoms with Crippen LogP contribution in [-0.4, -0.2) is 11.7 Å². The summed E-state index contributed by atoms with van der Waals surface area (Å²) >= 11 is 15.9. The molecule has 0 saturated heterocycles. The van der Waals surface area contributed by atoms with E-state index in [1.807, 2.05) is 24.3 Å². The summed E-state index contributed by atoms with van der Waals surface area (Å²) in [5, 5.41) is 11.7. The Morgan fingerprint density at radius 1 is 1.05 bits per heavy atom. The van der Waals surface area contributed by atoms with Crippen LogP contribution in [0.2, 0.25) is 10.0 Å². The number of aliphatic hydroxyl groups is 1. The predicted octanol–water partition coefficient (Wildman–Crippen LogP) is 4.53. The van der Waals surface area contributed by atoms with Gasteiger partial charge in [-0.25, -0.2) is 0 Å². The Morgan fingerprint density at radius 3 is 2.20 bits per heavy atom. The maximum atomic E-state index is 10.6. The number of nitrogens with two attached hydrogens (primary N) is 1. The van der Waals surface area contributed by atoms with Crippen LogP contribution in [0.15, 0.2) is 46.9 Å². The van der Waals surface area contributed by atoms with Crippen molar-refractivity contribution in [2.45, 2.75) is 12.0 Å². The molecule has 5 heteroatoms. The van der Waals surface area contributed by atoms with Gasteiger partial charge in [-0.05, 0) is 29.3 Å². The van der Waals surface area contributed by atoms with Gasteiger partial charge in [0.25, 0.3) is 0 Å².